The van der Waals surface area contributed by atoms with Crippen LogP contribution in [0.3, 0.4) is 0 Å². The van der Waals surface area contributed by atoms with Crippen molar-refractivity contribution in [2.75, 3.05) is 20.3 Å². The SMILES string of the molecule is COc1ccc(OCCNC(=O)C(C)(C)c2c[nH]c3ccc(Cl)cc23)cc1. The molecule has 0 saturated heterocycles. The highest BCUT2D eigenvalue weighted by atomic mass is 35.5. The summed E-state index contributed by atoms with van der Waals surface area (Å²) in [6, 6.07) is 13.0. The van der Waals surface area contributed by atoms with Gasteiger partial charge in [-0.3, -0.25) is 4.79 Å². The fourth-order valence-corrected chi connectivity index (χ4v) is 3.13. The van der Waals surface area contributed by atoms with Crippen molar-refractivity contribution >= 4 is 28.4 Å². The van der Waals surface area contributed by atoms with E-state index in [-0.39, 0.29) is 5.91 Å². The fraction of sp³-hybridized carbons (Fsp3) is 0.286. The summed E-state index contributed by atoms with van der Waals surface area (Å²) < 4.78 is 10.8. The molecule has 2 N–H and O–H groups in total. The molecule has 2 aromatic carbocycles. The number of carbonyl (C=O) groups is 1. The predicted molar refractivity (Wildman–Crippen MR) is 108 cm³/mol. The molecule has 3 rings (SSSR count). The zero-order chi connectivity index (χ0) is 19.4. The van der Waals surface area contributed by atoms with Crippen molar-refractivity contribution < 1.29 is 14.3 Å². The molecule has 3 aromatic rings. The number of aromatic nitrogens is 1. The van der Waals surface area contributed by atoms with Gasteiger partial charge >= 0.3 is 0 Å². The summed E-state index contributed by atoms with van der Waals surface area (Å²) in [5, 5.41) is 4.55. The molecule has 0 unspecified atom stereocenters. The number of amides is 1. The molecule has 1 aromatic heterocycles. The number of nitrogens with one attached hydrogen (secondary N) is 2. The van der Waals surface area contributed by atoms with Crippen LogP contribution in [0, 0.1) is 0 Å². The van der Waals surface area contributed by atoms with Crippen LogP contribution in [0.4, 0.5) is 0 Å². The summed E-state index contributed by atoms with van der Waals surface area (Å²) in [6.07, 6.45) is 1.87. The van der Waals surface area contributed by atoms with Gasteiger partial charge in [0.2, 0.25) is 5.91 Å². The van der Waals surface area contributed by atoms with E-state index in [2.05, 4.69) is 10.3 Å². The normalized spacial score (nSPS) is 11.4. The van der Waals surface area contributed by atoms with Gasteiger partial charge in [0.15, 0.2) is 0 Å². The Morgan fingerprint density at radius 1 is 1.15 bits per heavy atom. The maximum Gasteiger partial charge on any atom is 0.230 e. The van der Waals surface area contributed by atoms with Gasteiger partial charge in [0, 0.05) is 22.1 Å². The van der Waals surface area contributed by atoms with Crippen LogP contribution in [0.2, 0.25) is 5.02 Å². The van der Waals surface area contributed by atoms with E-state index >= 15 is 0 Å². The van der Waals surface area contributed by atoms with E-state index in [9.17, 15) is 4.79 Å². The molecule has 0 aliphatic carbocycles. The van der Waals surface area contributed by atoms with Crippen molar-refractivity contribution in [1.82, 2.24) is 10.3 Å². The first-order valence-electron chi connectivity index (χ1n) is 8.74. The molecule has 1 heterocycles. The maximum absolute atomic E-state index is 12.8. The average molecular weight is 387 g/mol. The molecule has 1 amide bonds. The molecule has 0 atom stereocenters. The predicted octanol–water partition coefficient (Wildman–Crippen LogP) is 4.30. The highest BCUT2D eigenvalue weighted by Crippen LogP contribution is 2.32. The van der Waals surface area contributed by atoms with Crippen LogP contribution in [0.15, 0.2) is 48.7 Å². The number of hydrogen-bond acceptors (Lipinski definition) is 3. The third-order valence-electron chi connectivity index (χ3n) is 4.60. The van der Waals surface area contributed by atoms with Crippen LogP contribution >= 0.6 is 11.6 Å². The molecule has 5 nitrogen and oxygen atoms in total. The largest absolute Gasteiger partial charge is 0.497 e. The van der Waals surface area contributed by atoms with Crippen LogP contribution in [0.1, 0.15) is 19.4 Å². The summed E-state index contributed by atoms with van der Waals surface area (Å²) in [5.41, 5.74) is 1.16. The zero-order valence-corrected chi connectivity index (χ0v) is 16.4. The molecule has 0 saturated carbocycles. The number of halogens is 1. The third kappa shape index (κ3) is 4.19. The fourth-order valence-electron chi connectivity index (χ4n) is 2.96. The number of fused-ring (bicyclic) bond motifs is 1. The van der Waals surface area contributed by atoms with Gasteiger partial charge < -0.3 is 19.8 Å². The van der Waals surface area contributed by atoms with E-state index in [1.807, 2.05) is 62.5 Å². The number of hydrogen-bond donors (Lipinski definition) is 2. The van der Waals surface area contributed by atoms with Crippen molar-refractivity contribution in [1.29, 1.82) is 0 Å². The second kappa shape index (κ2) is 7.92. The van der Waals surface area contributed by atoms with E-state index in [1.165, 1.54) is 0 Å². The monoisotopic (exact) mass is 386 g/mol. The van der Waals surface area contributed by atoms with Crippen LogP contribution in [0.25, 0.3) is 10.9 Å². The van der Waals surface area contributed by atoms with Gasteiger partial charge in [0.25, 0.3) is 0 Å². The number of H-pyrrole nitrogens is 1. The second-order valence-electron chi connectivity index (χ2n) is 6.80. The number of ether oxygens (including phenoxy) is 2. The Balaban J connectivity index is 1.59. The maximum atomic E-state index is 12.8. The van der Waals surface area contributed by atoms with Crippen LogP contribution < -0.4 is 14.8 Å². The van der Waals surface area contributed by atoms with E-state index in [4.69, 9.17) is 21.1 Å². The highest BCUT2D eigenvalue weighted by Gasteiger charge is 2.32. The minimum atomic E-state index is -0.705. The van der Waals surface area contributed by atoms with Crippen molar-refractivity contribution in [3.63, 3.8) is 0 Å². The Kier molecular flexibility index (Phi) is 5.61. The molecule has 0 radical (unpaired) electrons. The Bertz CT molecular complexity index is 932. The number of benzene rings is 2. The summed E-state index contributed by atoms with van der Waals surface area (Å²) in [7, 11) is 1.62. The number of rotatable bonds is 7. The molecule has 6 heteroatoms. The van der Waals surface area contributed by atoms with E-state index < -0.39 is 5.41 Å². The van der Waals surface area contributed by atoms with Gasteiger partial charge in [0.1, 0.15) is 18.1 Å². The first-order valence-corrected chi connectivity index (χ1v) is 9.12. The molecular formula is C21H23ClN2O3. The highest BCUT2D eigenvalue weighted by molar-refractivity contribution is 6.31. The quantitative estimate of drug-likeness (QED) is 0.595. The Labute approximate surface area is 163 Å². The Morgan fingerprint density at radius 2 is 1.85 bits per heavy atom. The Morgan fingerprint density at radius 3 is 2.56 bits per heavy atom. The van der Waals surface area contributed by atoms with E-state index in [0.717, 1.165) is 28.0 Å². The van der Waals surface area contributed by atoms with Crippen molar-refractivity contribution in [3.8, 4) is 11.5 Å². The zero-order valence-electron chi connectivity index (χ0n) is 15.6. The van der Waals surface area contributed by atoms with Crippen LogP contribution in [0.5, 0.6) is 11.5 Å². The van der Waals surface area contributed by atoms with Crippen LogP contribution in [-0.2, 0) is 10.2 Å². The second-order valence-corrected chi connectivity index (χ2v) is 7.23. The summed E-state index contributed by atoms with van der Waals surface area (Å²) in [4.78, 5) is 16.0. The molecule has 0 bridgehead atoms. The molecular weight excluding hydrogens is 364 g/mol. The first kappa shape index (κ1) is 19.1. The lowest BCUT2D eigenvalue weighted by Crippen LogP contribution is -2.41. The van der Waals surface area contributed by atoms with Gasteiger partial charge in [-0.05, 0) is 61.9 Å². The van der Waals surface area contributed by atoms with Gasteiger partial charge in [-0.1, -0.05) is 11.6 Å². The molecule has 0 aliphatic heterocycles. The summed E-state index contributed by atoms with van der Waals surface area (Å²) >= 11 is 6.12. The van der Waals surface area contributed by atoms with Gasteiger partial charge in [-0.25, -0.2) is 0 Å². The minimum absolute atomic E-state index is 0.0679. The smallest absolute Gasteiger partial charge is 0.230 e. The molecule has 0 aliphatic rings. The number of carbonyl (C=O) groups excluding carboxylic acids is 1. The van der Waals surface area contributed by atoms with Crippen LogP contribution in [-0.4, -0.2) is 31.2 Å². The molecule has 0 spiro atoms. The molecule has 27 heavy (non-hydrogen) atoms. The van der Waals surface area contributed by atoms with Gasteiger partial charge in [-0.15, -0.1) is 0 Å². The molecule has 142 valence electrons. The van der Waals surface area contributed by atoms with Gasteiger partial charge in [0.05, 0.1) is 19.1 Å². The number of methoxy groups -OCH3 is 1. The summed E-state index contributed by atoms with van der Waals surface area (Å²) in [5.74, 6) is 1.44. The van der Waals surface area contributed by atoms with E-state index in [0.29, 0.717) is 18.2 Å². The molecule has 0 fully saturated rings. The lowest BCUT2D eigenvalue weighted by Gasteiger charge is -2.23. The van der Waals surface area contributed by atoms with E-state index in [1.54, 1.807) is 7.11 Å². The van der Waals surface area contributed by atoms with Crippen molar-refractivity contribution in [2.45, 2.75) is 19.3 Å². The standard InChI is InChI=1S/C21H23ClN2O3/c1-21(2,18-13-24-19-9-4-14(22)12-17(18)19)20(25)23-10-11-27-16-7-5-15(26-3)6-8-16/h4-9,12-13,24H,10-11H2,1-3H3,(H,23,25). The Hall–Kier alpha value is -2.66. The lowest BCUT2D eigenvalue weighted by atomic mass is 9.83. The third-order valence-corrected chi connectivity index (χ3v) is 4.84. The topological polar surface area (TPSA) is 63.4 Å². The number of aromatic amines is 1. The van der Waals surface area contributed by atoms with Crippen molar-refractivity contribution in [2.24, 2.45) is 0 Å². The van der Waals surface area contributed by atoms with Gasteiger partial charge in [-0.2, -0.15) is 0 Å². The summed E-state index contributed by atoms with van der Waals surface area (Å²) in [6.45, 7) is 4.59. The first-order chi connectivity index (χ1) is 12.9. The minimum Gasteiger partial charge on any atom is -0.497 e. The average Bonchev–Trinajstić information content (AvgIpc) is 3.09. The van der Waals surface area contributed by atoms with Crippen molar-refractivity contribution in [3.05, 3.63) is 59.2 Å². The lowest BCUT2D eigenvalue weighted by molar-refractivity contribution is -0.125.